The molecule has 0 aromatic rings. The number of piperidine rings is 1. The van der Waals surface area contributed by atoms with E-state index in [9.17, 15) is 9.59 Å². The molecule has 1 saturated heterocycles. The second-order valence-electron chi connectivity index (χ2n) is 4.53. The molecule has 0 unspecified atom stereocenters. The number of carbonyl (C=O) groups excluding carboxylic acids is 2. The fourth-order valence-corrected chi connectivity index (χ4v) is 1.92. The van der Waals surface area contributed by atoms with Crippen molar-refractivity contribution in [3.63, 3.8) is 0 Å². The number of hydrogen-bond donors (Lipinski definition) is 0. The molecule has 0 aromatic heterocycles. The highest BCUT2D eigenvalue weighted by molar-refractivity contribution is 5.92. The van der Waals surface area contributed by atoms with Crippen molar-refractivity contribution < 1.29 is 9.59 Å². The van der Waals surface area contributed by atoms with Crippen molar-refractivity contribution in [3.05, 3.63) is 12.2 Å². The van der Waals surface area contributed by atoms with Crippen molar-refractivity contribution in [1.82, 2.24) is 4.90 Å². The van der Waals surface area contributed by atoms with Crippen molar-refractivity contribution in [2.45, 2.75) is 39.5 Å². The van der Waals surface area contributed by atoms with Crippen molar-refractivity contribution in [2.24, 2.45) is 5.92 Å². The smallest absolute Gasteiger partial charge is 0.223 e. The molecule has 0 saturated carbocycles. The molecular weight excluding hydrogens is 202 g/mol. The standard InChI is InChI=1S/C13H21NO2/c1-3-4-12(15)5-6-13(16)14-9-7-11(2)8-10-14/h3-4,11H,5-10H2,1-2H3. The van der Waals surface area contributed by atoms with Gasteiger partial charge < -0.3 is 4.90 Å². The lowest BCUT2D eigenvalue weighted by molar-refractivity contribution is -0.133. The molecule has 0 aliphatic carbocycles. The average molecular weight is 223 g/mol. The molecule has 0 spiro atoms. The van der Waals surface area contributed by atoms with E-state index in [0.717, 1.165) is 31.8 Å². The van der Waals surface area contributed by atoms with Gasteiger partial charge in [-0.3, -0.25) is 9.59 Å². The van der Waals surface area contributed by atoms with E-state index in [2.05, 4.69) is 6.92 Å². The first-order chi connectivity index (χ1) is 7.63. The maximum atomic E-state index is 11.8. The van der Waals surface area contributed by atoms with Crippen molar-refractivity contribution in [1.29, 1.82) is 0 Å². The molecule has 1 heterocycles. The normalized spacial score (nSPS) is 18.0. The van der Waals surface area contributed by atoms with E-state index in [4.69, 9.17) is 0 Å². The van der Waals surface area contributed by atoms with Gasteiger partial charge in [0.1, 0.15) is 0 Å². The Labute approximate surface area is 97.5 Å². The maximum Gasteiger partial charge on any atom is 0.223 e. The highest BCUT2D eigenvalue weighted by Crippen LogP contribution is 2.16. The van der Waals surface area contributed by atoms with Gasteiger partial charge >= 0.3 is 0 Å². The summed E-state index contributed by atoms with van der Waals surface area (Å²) >= 11 is 0. The minimum absolute atomic E-state index is 0.0428. The van der Waals surface area contributed by atoms with Crippen LogP contribution in [0.3, 0.4) is 0 Å². The van der Waals surface area contributed by atoms with Crippen LogP contribution in [-0.2, 0) is 9.59 Å². The molecule has 1 aliphatic rings. The summed E-state index contributed by atoms with van der Waals surface area (Å²) in [6.07, 6.45) is 6.14. The van der Waals surface area contributed by atoms with Crippen LogP contribution in [0.4, 0.5) is 0 Å². The minimum atomic E-state index is 0.0428. The predicted octanol–water partition coefficient (Wildman–Crippen LogP) is 2.17. The van der Waals surface area contributed by atoms with Crippen molar-refractivity contribution in [3.8, 4) is 0 Å². The molecule has 0 bridgehead atoms. The molecular formula is C13H21NO2. The Hall–Kier alpha value is -1.12. The predicted molar refractivity (Wildman–Crippen MR) is 64.0 cm³/mol. The molecule has 1 rings (SSSR count). The monoisotopic (exact) mass is 223 g/mol. The summed E-state index contributed by atoms with van der Waals surface area (Å²) in [7, 11) is 0. The summed E-state index contributed by atoms with van der Waals surface area (Å²) in [5.74, 6) is 0.902. The Morgan fingerprint density at radius 3 is 2.44 bits per heavy atom. The Balaban J connectivity index is 2.27. The largest absolute Gasteiger partial charge is 0.343 e. The zero-order chi connectivity index (χ0) is 12.0. The first-order valence-corrected chi connectivity index (χ1v) is 6.06. The topological polar surface area (TPSA) is 37.4 Å². The second-order valence-corrected chi connectivity index (χ2v) is 4.53. The number of ketones is 1. The van der Waals surface area contributed by atoms with Crippen molar-refractivity contribution in [2.75, 3.05) is 13.1 Å². The van der Waals surface area contributed by atoms with Gasteiger partial charge in [-0.1, -0.05) is 13.0 Å². The Bertz CT molecular complexity index is 276. The van der Waals surface area contributed by atoms with Gasteiger partial charge in [-0.2, -0.15) is 0 Å². The van der Waals surface area contributed by atoms with Gasteiger partial charge in [0.05, 0.1) is 0 Å². The average Bonchev–Trinajstić information content (AvgIpc) is 2.27. The molecule has 0 radical (unpaired) electrons. The number of likely N-dealkylation sites (tertiary alicyclic amines) is 1. The first-order valence-electron chi connectivity index (χ1n) is 6.06. The number of nitrogens with zero attached hydrogens (tertiary/aromatic N) is 1. The van der Waals surface area contributed by atoms with Crippen LogP contribution in [0.1, 0.15) is 39.5 Å². The molecule has 16 heavy (non-hydrogen) atoms. The van der Waals surface area contributed by atoms with Gasteiger partial charge in [0, 0.05) is 25.9 Å². The van der Waals surface area contributed by atoms with Gasteiger partial charge in [-0.25, -0.2) is 0 Å². The van der Waals surface area contributed by atoms with Crippen LogP contribution >= 0.6 is 0 Å². The van der Waals surface area contributed by atoms with E-state index in [0.29, 0.717) is 12.8 Å². The molecule has 90 valence electrons. The zero-order valence-corrected chi connectivity index (χ0v) is 10.2. The third-order valence-electron chi connectivity index (χ3n) is 3.07. The summed E-state index contributed by atoms with van der Waals surface area (Å²) in [4.78, 5) is 24.9. The van der Waals surface area contributed by atoms with Crippen LogP contribution in [-0.4, -0.2) is 29.7 Å². The molecule has 1 amide bonds. The number of carbonyl (C=O) groups is 2. The Kier molecular flexibility index (Phi) is 5.23. The lowest BCUT2D eigenvalue weighted by atomic mass is 9.99. The summed E-state index contributed by atoms with van der Waals surface area (Å²) in [5, 5.41) is 0. The lowest BCUT2D eigenvalue weighted by Crippen LogP contribution is -2.37. The third-order valence-corrected chi connectivity index (χ3v) is 3.07. The van der Waals surface area contributed by atoms with E-state index in [1.165, 1.54) is 6.08 Å². The van der Waals surface area contributed by atoms with Gasteiger partial charge in [0.2, 0.25) is 5.91 Å². The molecule has 1 aliphatic heterocycles. The third kappa shape index (κ3) is 4.17. The zero-order valence-electron chi connectivity index (χ0n) is 10.2. The Morgan fingerprint density at radius 1 is 1.25 bits per heavy atom. The van der Waals surface area contributed by atoms with Crippen LogP contribution in [0.5, 0.6) is 0 Å². The molecule has 0 aromatic carbocycles. The SMILES string of the molecule is CC=CC(=O)CCC(=O)N1CCC(C)CC1. The molecule has 3 heteroatoms. The van der Waals surface area contributed by atoms with E-state index < -0.39 is 0 Å². The van der Waals surface area contributed by atoms with Crippen LogP contribution in [0, 0.1) is 5.92 Å². The fourth-order valence-electron chi connectivity index (χ4n) is 1.92. The van der Waals surface area contributed by atoms with E-state index in [1.54, 1.807) is 6.08 Å². The van der Waals surface area contributed by atoms with Gasteiger partial charge in [0.15, 0.2) is 5.78 Å². The van der Waals surface area contributed by atoms with Crippen molar-refractivity contribution >= 4 is 11.7 Å². The number of amides is 1. The van der Waals surface area contributed by atoms with Gasteiger partial charge in [0.25, 0.3) is 0 Å². The quantitative estimate of drug-likeness (QED) is 0.685. The van der Waals surface area contributed by atoms with Crippen LogP contribution in [0.15, 0.2) is 12.2 Å². The lowest BCUT2D eigenvalue weighted by Gasteiger charge is -2.30. The van der Waals surface area contributed by atoms with Crippen LogP contribution < -0.4 is 0 Å². The molecule has 3 nitrogen and oxygen atoms in total. The minimum Gasteiger partial charge on any atom is -0.343 e. The fraction of sp³-hybridized carbons (Fsp3) is 0.692. The first kappa shape index (κ1) is 12.9. The number of hydrogen-bond acceptors (Lipinski definition) is 2. The number of rotatable bonds is 4. The summed E-state index contributed by atoms with van der Waals surface area (Å²) in [5.41, 5.74) is 0. The Morgan fingerprint density at radius 2 is 1.88 bits per heavy atom. The van der Waals surface area contributed by atoms with Gasteiger partial charge in [-0.15, -0.1) is 0 Å². The molecule has 0 N–H and O–H groups in total. The highest BCUT2D eigenvalue weighted by Gasteiger charge is 2.20. The maximum absolute atomic E-state index is 11.8. The van der Waals surface area contributed by atoms with E-state index in [1.807, 2.05) is 11.8 Å². The van der Waals surface area contributed by atoms with Crippen LogP contribution in [0.25, 0.3) is 0 Å². The number of allylic oxidation sites excluding steroid dienone is 2. The van der Waals surface area contributed by atoms with E-state index in [-0.39, 0.29) is 11.7 Å². The molecule has 0 atom stereocenters. The van der Waals surface area contributed by atoms with Gasteiger partial charge in [-0.05, 0) is 31.8 Å². The highest BCUT2D eigenvalue weighted by atomic mass is 16.2. The summed E-state index contributed by atoms with van der Waals surface area (Å²) in [6.45, 7) is 5.75. The summed E-state index contributed by atoms with van der Waals surface area (Å²) < 4.78 is 0. The summed E-state index contributed by atoms with van der Waals surface area (Å²) in [6, 6.07) is 0. The van der Waals surface area contributed by atoms with E-state index >= 15 is 0 Å². The van der Waals surface area contributed by atoms with Crippen LogP contribution in [0.2, 0.25) is 0 Å². The molecule has 1 fully saturated rings. The second kappa shape index (κ2) is 6.46.